The summed E-state index contributed by atoms with van der Waals surface area (Å²) in [6.45, 7) is 10.7. The number of carbonyl (C=O) groups excluding carboxylic acids is 2. The van der Waals surface area contributed by atoms with E-state index in [2.05, 4.69) is 41.2 Å². The van der Waals surface area contributed by atoms with E-state index in [0.29, 0.717) is 38.6 Å². The second-order valence-corrected chi connectivity index (χ2v) is 9.83. The molecule has 1 aromatic heterocycles. The lowest BCUT2D eigenvalue weighted by molar-refractivity contribution is -0.131. The normalized spacial score (nSPS) is 23.6. The number of ether oxygens (including phenoxy) is 1. The molecule has 2 amide bonds. The van der Waals surface area contributed by atoms with E-state index in [1.165, 1.54) is 0 Å². The van der Waals surface area contributed by atoms with Crippen LogP contribution < -0.4 is 10.2 Å². The number of carbonyl (C=O) groups is 2. The lowest BCUT2D eigenvalue weighted by Gasteiger charge is -2.40. The van der Waals surface area contributed by atoms with Crippen molar-refractivity contribution in [3.05, 3.63) is 17.8 Å². The lowest BCUT2D eigenvalue weighted by Crippen LogP contribution is -2.52. The number of nitrogens with zero attached hydrogens (tertiary/aromatic N) is 4. The molecule has 0 aliphatic carbocycles. The molecule has 1 N–H and O–H groups in total. The van der Waals surface area contributed by atoms with Gasteiger partial charge in [0.25, 0.3) is 0 Å². The van der Waals surface area contributed by atoms with Crippen LogP contribution in [0.15, 0.2) is 12.1 Å². The fourth-order valence-electron chi connectivity index (χ4n) is 4.43. The first-order valence-electron chi connectivity index (χ1n) is 11.1. The first-order chi connectivity index (χ1) is 14.3. The summed E-state index contributed by atoms with van der Waals surface area (Å²) < 4.78 is 5.38. The predicted molar refractivity (Wildman–Crippen MR) is 113 cm³/mol. The highest BCUT2D eigenvalue weighted by Gasteiger charge is 2.38. The average molecular weight is 416 g/mol. The largest absolute Gasteiger partial charge is 0.381 e. The van der Waals surface area contributed by atoms with Crippen molar-refractivity contribution in [1.29, 1.82) is 0 Å². The lowest BCUT2D eigenvalue weighted by atomic mass is 9.92. The summed E-state index contributed by atoms with van der Waals surface area (Å²) >= 11 is 0. The van der Waals surface area contributed by atoms with Gasteiger partial charge in [-0.3, -0.25) is 9.59 Å². The SMILES string of the molecule is CC(C)(C)c1ccc(N2CC(CNC(=O)C3CC(=O)N(C4CCOCC4)C3)C2)nn1. The van der Waals surface area contributed by atoms with Crippen molar-refractivity contribution in [2.24, 2.45) is 11.8 Å². The molecule has 8 nitrogen and oxygen atoms in total. The second-order valence-electron chi connectivity index (χ2n) is 9.83. The summed E-state index contributed by atoms with van der Waals surface area (Å²) in [4.78, 5) is 29.0. The molecule has 3 aliphatic heterocycles. The van der Waals surface area contributed by atoms with Gasteiger partial charge in [-0.1, -0.05) is 20.8 Å². The smallest absolute Gasteiger partial charge is 0.225 e. The molecule has 1 unspecified atom stereocenters. The minimum Gasteiger partial charge on any atom is -0.381 e. The van der Waals surface area contributed by atoms with Gasteiger partial charge in [-0.25, -0.2) is 0 Å². The maximum atomic E-state index is 12.6. The van der Waals surface area contributed by atoms with E-state index < -0.39 is 0 Å². The fourth-order valence-corrected chi connectivity index (χ4v) is 4.43. The van der Waals surface area contributed by atoms with E-state index >= 15 is 0 Å². The molecule has 4 heterocycles. The molecule has 30 heavy (non-hydrogen) atoms. The Hall–Kier alpha value is -2.22. The summed E-state index contributed by atoms with van der Waals surface area (Å²) in [5.41, 5.74) is 0.978. The standard InChI is InChI=1S/C22H33N5O3/c1-22(2,3)18-4-5-19(25-24-18)26-12-15(13-26)11-23-21(29)16-10-20(28)27(14-16)17-6-8-30-9-7-17/h4-5,15-17H,6-14H2,1-3H3,(H,23,29). The number of nitrogens with one attached hydrogen (secondary N) is 1. The molecule has 1 atom stereocenters. The maximum absolute atomic E-state index is 12.6. The van der Waals surface area contributed by atoms with Crippen molar-refractivity contribution in [3.8, 4) is 0 Å². The van der Waals surface area contributed by atoms with E-state index in [4.69, 9.17) is 4.74 Å². The van der Waals surface area contributed by atoms with E-state index in [-0.39, 0.29) is 29.2 Å². The summed E-state index contributed by atoms with van der Waals surface area (Å²) in [6, 6.07) is 4.30. The molecular formula is C22H33N5O3. The Bertz CT molecular complexity index is 764. The zero-order valence-electron chi connectivity index (χ0n) is 18.3. The number of rotatable bonds is 5. The number of hydrogen-bond donors (Lipinski definition) is 1. The van der Waals surface area contributed by atoms with Gasteiger partial charge < -0.3 is 19.9 Å². The Morgan fingerprint density at radius 1 is 1.17 bits per heavy atom. The maximum Gasteiger partial charge on any atom is 0.225 e. The van der Waals surface area contributed by atoms with E-state index in [9.17, 15) is 9.59 Å². The Balaban J connectivity index is 1.20. The Kier molecular flexibility index (Phi) is 5.95. The third kappa shape index (κ3) is 4.58. The van der Waals surface area contributed by atoms with Gasteiger partial charge in [0.05, 0.1) is 11.6 Å². The van der Waals surface area contributed by atoms with E-state index in [1.54, 1.807) is 0 Å². The van der Waals surface area contributed by atoms with Crippen molar-refractivity contribution in [3.63, 3.8) is 0 Å². The van der Waals surface area contributed by atoms with E-state index in [0.717, 1.165) is 37.4 Å². The van der Waals surface area contributed by atoms with Crippen LogP contribution in [0.25, 0.3) is 0 Å². The van der Waals surface area contributed by atoms with Crippen molar-refractivity contribution in [2.75, 3.05) is 44.3 Å². The van der Waals surface area contributed by atoms with Crippen LogP contribution in [0.5, 0.6) is 0 Å². The van der Waals surface area contributed by atoms with Gasteiger partial charge in [0.15, 0.2) is 5.82 Å². The molecular weight excluding hydrogens is 382 g/mol. The van der Waals surface area contributed by atoms with Crippen molar-refractivity contribution < 1.29 is 14.3 Å². The monoisotopic (exact) mass is 415 g/mol. The molecule has 3 aliphatic rings. The molecule has 0 saturated carbocycles. The summed E-state index contributed by atoms with van der Waals surface area (Å²) in [6.07, 6.45) is 2.07. The van der Waals surface area contributed by atoms with Crippen molar-refractivity contribution in [1.82, 2.24) is 20.4 Å². The average Bonchev–Trinajstić information content (AvgIpc) is 3.09. The third-order valence-corrected chi connectivity index (χ3v) is 6.43. The zero-order chi connectivity index (χ0) is 21.3. The molecule has 0 radical (unpaired) electrons. The van der Waals surface area contributed by atoms with Crippen LogP contribution in [0.4, 0.5) is 5.82 Å². The number of anilines is 1. The Morgan fingerprint density at radius 3 is 2.53 bits per heavy atom. The molecule has 8 heteroatoms. The molecule has 4 rings (SSSR count). The Labute approximate surface area is 178 Å². The van der Waals surface area contributed by atoms with Crippen LogP contribution in [0.3, 0.4) is 0 Å². The first-order valence-corrected chi connectivity index (χ1v) is 11.1. The number of likely N-dealkylation sites (tertiary alicyclic amines) is 1. The Morgan fingerprint density at radius 2 is 1.90 bits per heavy atom. The highest BCUT2D eigenvalue weighted by Crippen LogP contribution is 2.27. The molecule has 164 valence electrons. The highest BCUT2D eigenvalue weighted by atomic mass is 16.5. The quantitative estimate of drug-likeness (QED) is 0.781. The zero-order valence-corrected chi connectivity index (χ0v) is 18.3. The van der Waals surface area contributed by atoms with Gasteiger partial charge in [-0.15, -0.1) is 5.10 Å². The predicted octanol–water partition coefficient (Wildman–Crippen LogP) is 1.35. The number of amides is 2. The number of aromatic nitrogens is 2. The topological polar surface area (TPSA) is 87.7 Å². The van der Waals surface area contributed by atoms with Crippen molar-refractivity contribution >= 4 is 17.6 Å². The van der Waals surface area contributed by atoms with Gasteiger partial charge in [0, 0.05) is 63.2 Å². The van der Waals surface area contributed by atoms with Gasteiger partial charge in [0.2, 0.25) is 11.8 Å². The van der Waals surface area contributed by atoms with Crippen LogP contribution in [0, 0.1) is 11.8 Å². The molecule has 0 aromatic carbocycles. The van der Waals surface area contributed by atoms with Crippen LogP contribution in [-0.2, 0) is 19.7 Å². The van der Waals surface area contributed by atoms with E-state index in [1.807, 2.05) is 17.0 Å². The van der Waals surface area contributed by atoms with Crippen molar-refractivity contribution in [2.45, 2.75) is 51.5 Å². The van der Waals surface area contributed by atoms with Crippen LogP contribution in [-0.4, -0.2) is 72.3 Å². The number of hydrogen-bond acceptors (Lipinski definition) is 6. The first kappa shape index (κ1) is 21.0. The second kappa shape index (κ2) is 8.49. The minimum absolute atomic E-state index is 0.00470. The molecule has 0 bridgehead atoms. The van der Waals surface area contributed by atoms with Crippen LogP contribution >= 0.6 is 0 Å². The summed E-state index contributed by atoms with van der Waals surface area (Å²) in [5, 5.41) is 11.8. The summed E-state index contributed by atoms with van der Waals surface area (Å²) in [5.74, 6) is 1.17. The van der Waals surface area contributed by atoms with Crippen LogP contribution in [0.1, 0.15) is 45.7 Å². The minimum atomic E-state index is -0.229. The molecule has 0 spiro atoms. The van der Waals surface area contributed by atoms with Gasteiger partial charge in [0.1, 0.15) is 0 Å². The van der Waals surface area contributed by atoms with Gasteiger partial charge >= 0.3 is 0 Å². The van der Waals surface area contributed by atoms with Gasteiger partial charge in [-0.05, 0) is 25.0 Å². The fraction of sp³-hybridized carbons (Fsp3) is 0.727. The van der Waals surface area contributed by atoms with Gasteiger partial charge in [-0.2, -0.15) is 5.10 Å². The molecule has 3 fully saturated rings. The highest BCUT2D eigenvalue weighted by molar-refractivity contribution is 5.89. The van der Waals surface area contributed by atoms with Crippen LogP contribution in [0.2, 0.25) is 0 Å². The molecule has 1 aromatic rings. The summed E-state index contributed by atoms with van der Waals surface area (Å²) in [7, 11) is 0. The third-order valence-electron chi connectivity index (χ3n) is 6.43. The molecule has 3 saturated heterocycles.